The molecular weight excluding hydrogens is 304 g/mol. The Morgan fingerprint density at radius 2 is 1.32 bits per heavy atom. The zero-order valence-electron chi connectivity index (χ0n) is 16.1. The predicted octanol–water partition coefficient (Wildman–Crippen LogP) is 7.72. The Hall–Kier alpha value is -1.76. The van der Waals surface area contributed by atoms with E-state index in [1.54, 1.807) is 0 Å². The molecule has 136 valence electrons. The van der Waals surface area contributed by atoms with Gasteiger partial charge in [-0.2, -0.15) is 0 Å². The van der Waals surface area contributed by atoms with Crippen LogP contribution in [-0.2, 0) is 12.8 Å². The van der Waals surface area contributed by atoms with Gasteiger partial charge in [0.15, 0.2) is 0 Å². The summed E-state index contributed by atoms with van der Waals surface area (Å²) in [5.74, 6) is 1.98. The fourth-order valence-corrected chi connectivity index (χ4v) is 3.31. The smallest absolute Gasteiger partial charge is 0.130 e. The van der Waals surface area contributed by atoms with Crippen LogP contribution in [0.15, 0.2) is 48.5 Å². The number of aryl methyl sites for hydroxylation is 1. The first kappa shape index (κ1) is 19.6. The molecule has 1 nitrogen and oxygen atoms in total. The second-order valence-corrected chi connectivity index (χ2v) is 6.93. The van der Waals surface area contributed by atoms with Crippen molar-refractivity contribution >= 4 is 0 Å². The zero-order valence-corrected chi connectivity index (χ0v) is 16.1. The number of hydrogen-bond acceptors (Lipinski definition) is 1. The molecule has 0 radical (unpaired) electrons. The van der Waals surface area contributed by atoms with Gasteiger partial charge in [-0.1, -0.05) is 82.7 Å². The highest BCUT2D eigenvalue weighted by atomic mass is 16.5. The van der Waals surface area contributed by atoms with Crippen LogP contribution >= 0.6 is 0 Å². The average Bonchev–Trinajstić information content (AvgIpc) is 2.64. The lowest BCUT2D eigenvalue weighted by Crippen LogP contribution is -1.99. The third-order valence-electron chi connectivity index (χ3n) is 4.78. The first-order valence-corrected chi connectivity index (χ1v) is 10.2. The third kappa shape index (κ3) is 6.94. The van der Waals surface area contributed by atoms with Crippen LogP contribution in [0, 0.1) is 0 Å². The van der Waals surface area contributed by atoms with Crippen LogP contribution in [0.2, 0.25) is 0 Å². The monoisotopic (exact) mass is 338 g/mol. The van der Waals surface area contributed by atoms with E-state index < -0.39 is 0 Å². The van der Waals surface area contributed by atoms with Crippen molar-refractivity contribution in [1.82, 2.24) is 0 Å². The molecule has 0 aromatic heterocycles. The van der Waals surface area contributed by atoms with E-state index in [9.17, 15) is 0 Å². The van der Waals surface area contributed by atoms with Crippen molar-refractivity contribution in [2.75, 3.05) is 0 Å². The quantitative estimate of drug-likeness (QED) is 0.360. The molecule has 2 aromatic rings. The van der Waals surface area contributed by atoms with Crippen LogP contribution < -0.4 is 4.74 Å². The van der Waals surface area contributed by atoms with Gasteiger partial charge >= 0.3 is 0 Å². The van der Waals surface area contributed by atoms with Crippen LogP contribution in [-0.4, -0.2) is 0 Å². The fourth-order valence-electron chi connectivity index (χ4n) is 3.31. The lowest BCUT2D eigenvalue weighted by molar-refractivity contribution is 0.472. The average molecular weight is 339 g/mol. The standard InChI is InChI=1S/C24H34O/c1-3-5-7-10-15-21-16-14-20-24(23(21)19-13-8-6-4-2)25-22-17-11-9-12-18-22/h9,11-12,14,16-18,20H,3-8,10,13,15,19H2,1-2H3. The largest absolute Gasteiger partial charge is 0.457 e. The molecular formula is C24H34O. The molecule has 2 aromatic carbocycles. The van der Waals surface area contributed by atoms with Crippen molar-refractivity contribution in [1.29, 1.82) is 0 Å². The Balaban J connectivity index is 2.11. The van der Waals surface area contributed by atoms with Crippen molar-refractivity contribution in [3.63, 3.8) is 0 Å². The fraction of sp³-hybridized carbons (Fsp3) is 0.500. The second kappa shape index (κ2) is 11.7. The van der Waals surface area contributed by atoms with E-state index in [4.69, 9.17) is 4.74 Å². The highest BCUT2D eigenvalue weighted by Crippen LogP contribution is 2.30. The van der Waals surface area contributed by atoms with Crippen molar-refractivity contribution in [2.24, 2.45) is 0 Å². The minimum Gasteiger partial charge on any atom is -0.457 e. The molecule has 0 amide bonds. The van der Waals surface area contributed by atoms with Crippen molar-refractivity contribution in [2.45, 2.75) is 78.1 Å². The van der Waals surface area contributed by atoms with Crippen LogP contribution in [0.3, 0.4) is 0 Å². The van der Waals surface area contributed by atoms with Crippen LogP contribution in [0.5, 0.6) is 11.5 Å². The molecule has 0 spiro atoms. The number of benzene rings is 2. The van der Waals surface area contributed by atoms with E-state index in [1.807, 2.05) is 30.3 Å². The van der Waals surface area contributed by atoms with E-state index in [-0.39, 0.29) is 0 Å². The summed E-state index contributed by atoms with van der Waals surface area (Å²) < 4.78 is 6.23. The van der Waals surface area contributed by atoms with E-state index >= 15 is 0 Å². The van der Waals surface area contributed by atoms with E-state index in [1.165, 1.54) is 68.9 Å². The molecule has 0 N–H and O–H groups in total. The molecule has 0 aliphatic carbocycles. The van der Waals surface area contributed by atoms with Gasteiger partial charge in [0.25, 0.3) is 0 Å². The Labute approximate surface area is 154 Å². The number of unbranched alkanes of at least 4 members (excludes halogenated alkanes) is 6. The molecule has 0 bridgehead atoms. The molecule has 2 rings (SSSR count). The summed E-state index contributed by atoms with van der Waals surface area (Å²) >= 11 is 0. The van der Waals surface area contributed by atoms with Gasteiger partial charge in [-0.3, -0.25) is 0 Å². The van der Waals surface area contributed by atoms with E-state index in [0.717, 1.165) is 17.9 Å². The summed E-state index contributed by atoms with van der Waals surface area (Å²) in [5, 5.41) is 0. The molecule has 0 atom stereocenters. The summed E-state index contributed by atoms with van der Waals surface area (Å²) in [6, 6.07) is 16.8. The molecule has 25 heavy (non-hydrogen) atoms. The number of ether oxygens (including phenoxy) is 1. The molecule has 0 aliphatic heterocycles. The summed E-state index contributed by atoms with van der Waals surface area (Å²) in [7, 11) is 0. The zero-order chi connectivity index (χ0) is 17.7. The Morgan fingerprint density at radius 1 is 0.640 bits per heavy atom. The van der Waals surface area contributed by atoms with Crippen LogP contribution in [0.25, 0.3) is 0 Å². The molecule has 0 saturated heterocycles. The first-order valence-electron chi connectivity index (χ1n) is 10.2. The Bertz CT molecular complexity index is 588. The van der Waals surface area contributed by atoms with Gasteiger partial charge in [-0.15, -0.1) is 0 Å². The highest BCUT2D eigenvalue weighted by molar-refractivity contribution is 5.43. The van der Waals surface area contributed by atoms with Crippen molar-refractivity contribution in [3.05, 3.63) is 59.7 Å². The summed E-state index contributed by atoms with van der Waals surface area (Å²) in [6.07, 6.45) is 12.7. The van der Waals surface area contributed by atoms with Crippen molar-refractivity contribution < 1.29 is 4.74 Å². The maximum atomic E-state index is 6.23. The number of para-hydroxylation sites is 1. The summed E-state index contributed by atoms with van der Waals surface area (Å²) in [5.41, 5.74) is 2.92. The van der Waals surface area contributed by atoms with Gasteiger partial charge in [0.2, 0.25) is 0 Å². The van der Waals surface area contributed by atoms with Gasteiger partial charge in [-0.05, 0) is 55.0 Å². The molecule has 0 saturated carbocycles. The molecule has 0 heterocycles. The second-order valence-electron chi connectivity index (χ2n) is 6.93. The Kier molecular flexibility index (Phi) is 9.18. The van der Waals surface area contributed by atoms with E-state index in [0.29, 0.717) is 0 Å². The predicted molar refractivity (Wildman–Crippen MR) is 109 cm³/mol. The maximum Gasteiger partial charge on any atom is 0.130 e. The van der Waals surface area contributed by atoms with Gasteiger partial charge in [0.05, 0.1) is 0 Å². The van der Waals surface area contributed by atoms with E-state index in [2.05, 4.69) is 32.0 Å². The molecule has 0 unspecified atom stereocenters. The minimum atomic E-state index is 0.931. The lowest BCUT2D eigenvalue weighted by atomic mass is 9.96. The highest BCUT2D eigenvalue weighted by Gasteiger charge is 2.10. The third-order valence-corrected chi connectivity index (χ3v) is 4.78. The lowest BCUT2D eigenvalue weighted by Gasteiger charge is -2.16. The number of hydrogen-bond donors (Lipinski definition) is 0. The number of rotatable bonds is 12. The van der Waals surface area contributed by atoms with Crippen LogP contribution in [0.1, 0.15) is 76.3 Å². The SMILES string of the molecule is CCCCCCc1cccc(Oc2ccccc2)c1CCCCCC. The summed E-state index contributed by atoms with van der Waals surface area (Å²) in [6.45, 7) is 4.54. The maximum absolute atomic E-state index is 6.23. The topological polar surface area (TPSA) is 9.23 Å². The normalized spacial score (nSPS) is 10.8. The van der Waals surface area contributed by atoms with Gasteiger partial charge < -0.3 is 4.74 Å². The first-order chi connectivity index (χ1) is 12.3. The van der Waals surface area contributed by atoms with Crippen molar-refractivity contribution in [3.8, 4) is 11.5 Å². The minimum absolute atomic E-state index is 0.931. The molecule has 0 fully saturated rings. The van der Waals surface area contributed by atoms with Gasteiger partial charge in [0, 0.05) is 0 Å². The summed E-state index contributed by atoms with van der Waals surface area (Å²) in [4.78, 5) is 0. The Morgan fingerprint density at radius 3 is 2.00 bits per heavy atom. The molecule has 0 aliphatic rings. The van der Waals surface area contributed by atoms with Gasteiger partial charge in [0.1, 0.15) is 11.5 Å². The van der Waals surface area contributed by atoms with Gasteiger partial charge in [-0.25, -0.2) is 0 Å². The van der Waals surface area contributed by atoms with Crippen LogP contribution in [0.4, 0.5) is 0 Å². The molecule has 1 heteroatoms.